The molecule has 0 aliphatic heterocycles. The van der Waals surface area contributed by atoms with Gasteiger partial charge in [0.2, 0.25) is 5.91 Å². The normalized spacial score (nSPS) is 12.2. The first kappa shape index (κ1) is 17.2. The fraction of sp³-hybridized carbons (Fsp3) is 0.300. The Kier molecular flexibility index (Phi) is 5.80. The second-order valence-electron chi connectivity index (χ2n) is 6.10. The van der Waals surface area contributed by atoms with Gasteiger partial charge in [-0.3, -0.25) is 4.79 Å². The number of hydrogen-bond acceptors (Lipinski definition) is 3. The van der Waals surface area contributed by atoms with Crippen LogP contribution in [0.4, 0.5) is 0 Å². The van der Waals surface area contributed by atoms with Crippen molar-refractivity contribution in [2.24, 2.45) is 0 Å². The molecule has 1 aromatic heterocycles. The number of para-hydroxylation sites is 2. The first-order valence-electron chi connectivity index (χ1n) is 8.60. The SMILES string of the molecule is O=C(CCn1cnc2ccccc21)NCC(CCO)c1ccccc1. The van der Waals surface area contributed by atoms with Crippen molar-refractivity contribution < 1.29 is 9.90 Å². The molecule has 0 saturated carbocycles. The Labute approximate surface area is 147 Å². The predicted octanol–water partition coefficient (Wildman–Crippen LogP) is 2.71. The number of carbonyl (C=O) groups is 1. The fourth-order valence-electron chi connectivity index (χ4n) is 3.00. The summed E-state index contributed by atoms with van der Waals surface area (Å²) in [4.78, 5) is 16.5. The average molecular weight is 337 g/mol. The third-order valence-corrected chi connectivity index (χ3v) is 4.40. The zero-order valence-corrected chi connectivity index (χ0v) is 14.1. The molecule has 0 spiro atoms. The van der Waals surface area contributed by atoms with Crippen LogP contribution in [0, 0.1) is 0 Å². The molecule has 2 N–H and O–H groups in total. The maximum absolute atomic E-state index is 12.2. The Morgan fingerprint density at radius 3 is 2.68 bits per heavy atom. The first-order chi connectivity index (χ1) is 12.3. The number of aryl methyl sites for hydroxylation is 1. The number of nitrogens with one attached hydrogen (secondary N) is 1. The molecule has 3 rings (SSSR count). The highest BCUT2D eigenvalue weighted by atomic mass is 16.3. The van der Waals surface area contributed by atoms with Crippen LogP contribution < -0.4 is 5.32 Å². The van der Waals surface area contributed by atoms with E-state index in [-0.39, 0.29) is 18.4 Å². The molecule has 1 unspecified atom stereocenters. The van der Waals surface area contributed by atoms with E-state index in [0.29, 0.717) is 25.9 Å². The summed E-state index contributed by atoms with van der Waals surface area (Å²) in [7, 11) is 0. The van der Waals surface area contributed by atoms with Crippen molar-refractivity contribution in [3.05, 3.63) is 66.5 Å². The number of hydrogen-bond donors (Lipinski definition) is 2. The molecular formula is C20H23N3O2. The fourth-order valence-corrected chi connectivity index (χ4v) is 3.00. The Morgan fingerprint density at radius 2 is 1.88 bits per heavy atom. The number of benzene rings is 2. The molecule has 0 bridgehead atoms. The maximum Gasteiger partial charge on any atom is 0.221 e. The zero-order chi connectivity index (χ0) is 17.5. The van der Waals surface area contributed by atoms with Crippen LogP contribution in [0.1, 0.15) is 24.3 Å². The molecular weight excluding hydrogens is 314 g/mol. The van der Waals surface area contributed by atoms with E-state index in [0.717, 1.165) is 16.6 Å². The number of aliphatic hydroxyl groups excluding tert-OH is 1. The van der Waals surface area contributed by atoms with E-state index in [1.807, 2.05) is 59.2 Å². The zero-order valence-electron chi connectivity index (χ0n) is 14.1. The molecule has 2 aromatic carbocycles. The van der Waals surface area contributed by atoms with E-state index in [1.165, 1.54) is 0 Å². The molecule has 1 heterocycles. The van der Waals surface area contributed by atoms with Crippen LogP contribution in [0.25, 0.3) is 11.0 Å². The van der Waals surface area contributed by atoms with Gasteiger partial charge in [0.1, 0.15) is 0 Å². The molecule has 0 aliphatic carbocycles. The molecule has 0 saturated heterocycles. The molecule has 1 atom stereocenters. The van der Waals surface area contributed by atoms with Gasteiger partial charge in [0, 0.05) is 32.0 Å². The highest BCUT2D eigenvalue weighted by Crippen LogP contribution is 2.18. The van der Waals surface area contributed by atoms with E-state index in [9.17, 15) is 9.90 Å². The van der Waals surface area contributed by atoms with Gasteiger partial charge in [0.15, 0.2) is 0 Å². The second-order valence-corrected chi connectivity index (χ2v) is 6.10. The van der Waals surface area contributed by atoms with Crippen molar-refractivity contribution in [2.75, 3.05) is 13.2 Å². The van der Waals surface area contributed by atoms with Gasteiger partial charge >= 0.3 is 0 Å². The van der Waals surface area contributed by atoms with Gasteiger partial charge in [-0.2, -0.15) is 0 Å². The Morgan fingerprint density at radius 1 is 1.12 bits per heavy atom. The second kappa shape index (κ2) is 8.44. The van der Waals surface area contributed by atoms with Gasteiger partial charge < -0.3 is 15.0 Å². The lowest BCUT2D eigenvalue weighted by molar-refractivity contribution is -0.121. The maximum atomic E-state index is 12.2. The highest BCUT2D eigenvalue weighted by molar-refractivity contribution is 5.77. The number of rotatable bonds is 8. The number of aliphatic hydroxyl groups is 1. The van der Waals surface area contributed by atoms with Crippen LogP contribution in [-0.2, 0) is 11.3 Å². The van der Waals surface area contributed by atoms with Crippen molar-refractivity contribution >= 4 is 16.9 Å². The first-order valence-corrected chi connectivity index (χ1v) is 8.60. The minimum absolute atomic E-state index is 0.0108. The number of nitrogens with zero attached hydrogens (tertiary/aromatic N) is 2. The number of fused-ring (bicyclic) bond motifs is 1. The Balaban J connectivity index is 1.53. The number of aromatic nitrogens is 2. The molecule has 0 aliphatic rings. The largest absolute Gasteiger partial charge is 0.396 e. The van der Waals surface area contributed by atoms with Gasteiger partial charge in [-0.15, -0.1) is 0 Å². The number of carbonyl (C=O) groups excluding carboxylic acids is 1. The van der Waals surface area contributed by atoms with Crippen molar-refractivity contribution in [1.82, 2.24) is 14.9 Å². The number of amides is 1. The Bertz CT molecular complexity index is 814. The van der Waals surface area contributed by atoms with E-state index < -0.39 is 0 Å². The predicted molar refractivity (Wildman–Crippen MR) is 98.2 cm³/mol. The van der Waals surface area contributed by atoms with Crippen LogP contribution in [0.5, 0.6) is 0 Å². The summed E-state index contributed by atoms with van der Waals surface area (Å²) in [6.07, 6.45) is 2.81. The quantitative estimate of drug-likeness (QED) is 0.664. The molecule has 0 radical (unpaired) electrons. The van der Waals surface area contributed by atoms with Crippen molar-refractivity contribution in [2.45, 2.75) is 25.3 Å². The van der Waals surface area contributed by atoms with Gasteiger partial charge in [-0.05, 0) is 24.1 Å². The van der Waals surface area contributed by atoms with Crippen LogP contribution in [0.15, 0.2) is 60.9 Å². The summed E-state index contributed by atoms with van der Waals surface area (Å²) in [5, 5.41) is 12.3. The van der Waals surface area contributed by atoms with E-state index in [1.54, 1.807) is 6.33 Å². The van der Waals surface area contributed by atoms with Crippen molar-refractivity contribution in [3.63, 3.8) is 0 Å². The summed E-state index contributed by atoms with van der Waals surface area (Å²) >= 11 is 0. The topological polar surface area (TPSA) is 67.2 Å². The third-order valence-electron chi connectivity index (χ3n) is 4.40. The van der Waals surface area contributed by atoms with Crippen LogP contribution in [0.3, 0.4) is 0 Å². The highest BCUT2D eigenvalue weighted by Gasteiger charge is 2.12. The summed E-state index contributed by atoms with van der Waals surface area (Å²) in [5.41, 5.74) is 3.12. The molecule has 1 amide bonds. The molecule has 0 fully saturated rings. The van der Waals surface area contributed by atoms with Crippen LogP contribution in [0.2, 0.25) is 0 Å². The monoisotopic (exact) mass is 337 g/mol. The van der Waals surface area contributed by atoms with E-state index in [2.05, 4.69) is 10.3 Å². The van der Waals surface area contributed by atoms with Crippen molar-refractivity contribution in [3.8, 4) is 0 Å². The van der Waals surface area contributed by atoms with Crippen LogP contribution >= 0.6 is 0 Å². The van der Waals surface area contributed by atoms with Gasteiger partial charge in [-0.1, -0.05) is 42.5 Å². The third kappa shape index (κ3) is 4.45. The summed E-state index contributed by atoms with van der Waals surface area (Å²) < 4.78 is 2.00. The summed E-state index contributed by atoms with van der Waals surface area (Å²) in [6.45, 7) is 1.24. The van der Waals surface area contributed by atoms with E-state index in [4.69, 9.17) is 0 Å². The summed E-state index contributed by atoms with van der Waals surface area (Å²) in [5.74, 6) is 0.140. The molecule has 130 valence electrons. The smallest absolute Gasteiger partial charge is 0.221 e. The minimum atomic E-state index is 0.0108. The lowest BCUT2D eigenvalue weighted by atomic mass is 9.96. The van der Waals surface area contributed by atoms with Crippen LogP contribution in [-0.4, -0.2) is 33.7 Å². The minimum Gasteiger partial charge on any atom is -0.396 e. The lowest BCUT2D eigenvalue weighted by Gasteiger charge is -2.17. The average Bonchev–Trinajstić information content (AvgIpc) is 3.07. The molecule has 5 nitrogen and oxygen atoms in total. The van der Waals surface area contributed by atoms with Gasteiger partial charge in [-0.25, -0.2) is 4.98 Å². The van der Waals surface area contributed by atoms with Gasteiger partial charge in [0.25, 0.3) is 0 Å². The molecule has 5 heteroatoms. The standard InChI is InChI=1S/C20H23N3O2/c24-13-11-17(16-6-2-1-3-7-16)14-21-20(25)10-12-23-15-22-18-8-4-5-9-19(18)23/h1-9,15,17,24H,10-14H2,(H,21,25). The van der Waals surface area contributed by atoms with Crippen molar-refractivity contribution in [1.29, 1.82) is 0 Å². The van der Waals surface area contributed by atoms with Gasteiger partial charge in [0.05, 0.1) is 17.4 Å². The summed E-state index contributed by atoms with van der Waals surface area (Å²) in [6, 6.07) is 17.9. The lowest BCUT2D eigenvalue weighted by Crippen LogP contribution is -2.29. The Hall–Kier alpha value is -2.66. The van der Waals surface area contributed by atoms with E-state index >= 15 is 0 Å². The molecule has 3 aromatic rings. The number of imidazole rings is 1. The molecule has 25 heavy (non-hydrogen) atoms.